The number of nitrogens with one attached hydrogen (secondary N) is 2. The van der Waals surface area contributed by atoms with Gasteiger partial charge in [-0.1, -0.05) is 56.5 Å². The SMILES string of the molecule is CCN(C)C1(CNC(=O)N[C@@H](C)[C@H](O)c2ccccc2)CCCCC1. The molecule has 3 N–H and O–H groups in total. The average Bonchev–Trinajstić information content (AvgIpc) is 2.66. The molecule has 1 aromatic rings. The average molecular weight is 348 g/mol. The number of aliphatic hydroxyl groups is 1. The second-order valence-corrected chi connectivity index (χ2v) is 7.27. The molecule has 25 heavy (non-hydrogen) atoms. The molecule has 2 amide bonds. The third-order valence-electron chi connectivity index (χ3n) is 5.62. The van der Waals surface area contributed by atoms with Crippen molar-refractivity contribution in [1.82, 2.24) is 15.5 Å². The van der Waals surface area contributed by atoms with Gasteiger partial charge in [-0.2, -0.15) is 0 Å². The zero-order valence-corrected chi connectivity index (χ0v) is 15.8. The standard InChI is InChI=1S/C20H33N3O2/c1-4-23(3)20(13-9-6-10-14-20)15-21-19(25)22-16(2)18(24)17-11-7-5-8-12-17/h5,7-8,11-12,16,18,24H,4,6,9-10,13-15H2,1-3H3,(H2,21,22,25)/t16-,18-/m0/s1. The van der Waals surface area contributed by atoms with E-state index in [1.807, 2.05) is 37.3 Å². The van der Waals surface area contributed by atoms with E-state index >= 15 is 0 Å². The highest BCUT2D eigenvalue weighted by Crippen LogP contribution is 2.32. The molecule has 1 saturated carbocycles. The van der Waals surface area contributed by atoms with E-state index in [-0.39, 0.29) is 17.6 Å². The Balaban J connectivity index is 1.88. The Bertz CT molecular complexity index is 529. The van der Waals surface area contributed by atoms with Crippen molar-refractivity contribution in [3.8, 4) is 0 Å². The number of likely N-dealkylation sites (N-methyl/N-ethyl adjacent to an activating group) is 1. The second-order valence-electron chi connectivity index (χ2n) is 7.27. The van der Waals surface area contributed by atoms with Gasteiger partial charge in [-0.3, -0.25) is 4.90 Å². The van der Waals surface area contributed by atoms with Crippen LogP contribution < -0.4 is 10.6 Å². The lowest BCUT2D eigenvalue weighted by Crippen LogP contribution is -2.57. The molecule has 2 atom stereocenters. The first-order chi connectivity index (χ1) is 12.0. The number of hydrogen-bond donors (Lipinski definition) is 3. The molecule has 0 radical (unpaired) electrons. The van der Waals surface area contributed by atoms with Crippen LogP contribution in [0.4, 0.5) is 4.79 Å². The fourth-order valence-electron chi connectivity index (χ4n) is 3.76. The van der Waals surface area contributed by atoms with Gasteiger partial charge in [0.1, 0.15) is 0 Å². The largest absolute Gasteiger partial charge is 0.386 e. The topological polar surface area (TPSA) is 64.6 Å². The van der Waals surface area contributed by atoms with Crippen LogP contribution in [0.15, 0.2) is 30.3 Å². The fourth-order valence-corrected chi connectivity index (χ4v) is 3.76. The maximum absolute atomic E-state index is 12.3. The monoisotopic (exact) mass is 347 g/mol. The van der Waals surface area contributed by atoms with E-state index in [4.69, 9.17) is 0 Å². The molecule has 0 heterocycles. The third kappa shape index (κ3) is 5.19. The Morgan fingerprint density at radius 1 is 1.24 bits per heavy atom. The van der Waals surface area contributed by atoms with Gasteiger partial charge in [0.15, 0.2) is 0 Å². The molecule has 0 bridgehead atoms. The molecule has 0 unspecified atom stereocenters. The molecule has 0 aromatic heterocycles. The normalized spacial score (nSPS) is 19.2. The summed E-state index contributed by atoms with van der Waals surface area (Å²) >= 11 is 0. The van der Waals surface area contributed by atoms with Gasteiger partial charge in [0.05, 0.1) is 12.1 Å². The summed E-state index contributed by atoms with van der Waals surface area (Å²) in [4.78, 5) is 14.7. The van der Waals surface area contributed by atoms with Gasteiger partial charge in [-0.15, -0.1) is 0 Å². The summed E-state index contributed by atoms with van der Waals surface area (Å²) in [6, 6.07) is 8.86. The highest BCUT2D eigenvalue weighted by Gasteiger charge is 2.35. The number of carbonyl (C=O) groups is 1. The number of rotatable bonds is 7. The summed E-state index contributed by atoms with van der Waals surface area (Å²) in [7, 11) is 2.15. The quantitative estimate of drug-likeness (QED) is 0.710. The van der Waals surface area contributed by atoms with Crippen LogP contribution in [0.2, 0.25) is 0 Å². The third-order valence-corrected chi connectivity index (χ3v) is 5.62. The molecule has 0 spiro atoms. The molecule has 0 saturated heterocycles. The molecule has 1 aliphatic carbocycles. The van der Waals surface area contributed by atoms with E-state index < -0.39 is 6.10 Å². The highest BCUT2D eigenvalue weighted by molar-refractivity contribution is 5.74. The van der Waals surface area contributed by atoms with E-state index in [2.05, 4.69) is 29.5 Å². The Labute approximate surface area is 151 Å². The van der Waals surface area contributed by atoms with E-state index in [0.717, 1.165) is 24.9 Å². The molecular formula is C20H33N3O2. The maximum Gasteiger partial charge on any atom is 0.315 e. The first kappa shape index (κ1) is 19.7. The number of hydrogen-bond acceptors (Lipinski definition) is 3. The summed E-state index contributed by atoms with van der Waals surface area (Å²) in [5.41, 5.74) is 0.871. The zero-order valence-electron chi connectivity index (χ0n) is 15.8. The minimum atomic E-state index is -0.714. The number of carbonyl (C=O) groups excluding carboxylic acids is 1. The number of benzene rings is 1. The first-order valence-electron chi connectivity index (χ1n) is 9.47. The molecule has 140 valence electrons. The minimum absolute atomic E-state index is 0.0611. The van der Waals surface area contributed by atoms with Crippen molar-refractivity contribution in [1.29, 1.82) is 0 Å². The van der Waals surface area contributed by atoms with Crippen molar-refractivity contribution in [2.24, 2.45) is 0 Å². The summed E-state index contributed by atoms with van der Waals surface area (Å²) < 4.78 is 0. The van der Waals surface area contributed by atoms with Crippen LogP contribution in [0.3, 0.4) is 0 Å². The number of urea groups is 1. The van der Waals surface area contributed by atoms with Crippen LogP contribution in [0.1, 0.15) is 57.6 Å². The maximum atomic E-state index is 12.3. The molecule has 2 rings (SSSR count). The minimum Gasteiger partial charge on any atom is -0.386 e. The Morgan fingerprint density at radius 3 is 2.48 bits per heavy atom. The number of nitrogens with zero attached hydrogens (tertiary/aromatic N) is 1. The van der Waals surface area contributed by atoms with Gasteiger partial charge >= 0.3 is 6.03 Å². The molecule has 1 aromatic carbocycles. The molecule has 5 nitrogen and oxygen atoms in total. The smallest absolute Gasteiger partial charge is 0.315 e. The lowest BCUT2D eigenvalue weighted by Gasteiger charge is -2.44. The first-order valence-corrected chi connectivity index (χ1v) is 9.47. The molecular weight excluding hydrogens is 314 g/mol. The Morgan fingerprint density at radius 2 is 1.88 bits per heavy atom. The van der Waals surface area contributed by atoms with Crippen molar-refractivity contribution < 1.29 is 9.90 Å². The van der Waals surface area contributed by atoms with Crippen molar-refractivity contribution in [3.05, 3.63) is 35.9 Å². The van der Waals surface area contributed by atoms with Crippen molar-refractivity contribution in [2.75, 3.05) is 20.1 Å². The van der Waals surface area contributed by atoms with E-state index in [1.54, 1.807) is 0 Å². The second kappa shape index (κ2) is 9.20. The van der Waals surface area contributed by atoms with Gasteiger partial charge in [0, 0.05) is 12.1 Å². The fraction of sp³-hybridized carbons (Fsp3) is 0.650. The lowest BCUT2D eigenvalue weighted by molar-refractivity contribution is 0.0802. The zero-order chi connectivity index (χ0) is 18.3. The highest BCUT2D eigenvalue weighted by atomic mass is 16.3. The summed E-state index contributed by atoms with van der Waals surface area (Å²) in [6.07, 6.45) is 5.26. The van der Waals surface area contributed by atoms with Crippen molar-refractivity contribution in [2.45, 2.75) is 63.6 Å². The summed E-state index contributed by atoms with van der Waals surface area (Å²) in [5, 5.41) is 16.3. The van der Waals surface area contributed by atoms with Gasteiger partial charge in [0.2, 0.25) is 0 Å². The van der Waals surface area contributed by atoms with E-state index in [1.165, 1.54) is 19.3 Å². The van der Waals surface area contributed by atoms with Gasteiger partial charge in [0.25, 0.3) is 0 Å². The van der Waals surface area contributed by atoms with Crippen LogP contribution in [0, 0.1) is 0 Å². The van der Waals surface area contributed by atoms with Gasteiger partial charge < -0.3 is 15.7 Å². The van der Waals surface area contributed by atoms with Crippen molar-refractivity contribution in [3.63, 3.8) is 0 Å². The lowest BCUT2D eigenvalue weighted by atomic mass is 9.80. The van der Waals surface area contributed by atoms with Gasteiger partial charge in [-0.25, -0.2) is 4.79 Å². The molecule has 5 heteroatoms. The van der Waals surface area contributed by atoms with Gasteiger partial charge in [-0.05, 0) is 38.9 Å². The van der Waals surface area contributed by atoms with Crippen LogP contribution in [0.25, 0.3) is 0 Å². The number of aliphatic hydroxyl groups excluding tert-OH is 1. The molecule has 1 fully saturated rings. The Kier molecular flexibility index (Phi) is 7.26. The predicted molar refractivity (Wildman–Crippen MR) is 102 cm³/mol. The molecule has 0 aliphatic heterocycles. The van der Waals surface area contributed by atoms with Crippen LogP contribution in [0.5, 0.6) is 0 Å². The molecule has 1 aliphatic rings. The van der Waals surface area contributed by atoms with Crippen LogP contribution in [-0.2, 0) is 0 Å². The Hall–Kier alpha value is -1.59. The van der Waals surface area contributed by atoms with Crippen LogP contribution >= 0.6 is 0 Å². The summed E-state index contributed by atoms with van der Waals surface area (Å²) in [6.45, 7) is 5.62. The predicted octanol–water partition coefficient (Wildman–Crippen LogP) is 3.06. The van der Waals surface area contributed by atoms with E-state index in [0.29, 0.717) is 6.54 Å². The number of amides is 2. The van der Waals surface area contributed by atoms with E-state index in [9.17, 15) is 9.90 Å². The van der Waals surface area contributed by atoms with Crippen molar-refractivity contribution >= 4 is 6.03 Å². The summed E-state index contributed by atoms with van der Waals surface area (Å²) in [5.74, 6) is 0. The van der Waals surface area contributed by atoms with Crippen LogP contribution in [-0.4, -0.2) is 47.8 Å².